The molecule has 1 aromatic heterocycles. The zero-order chi connectivity index (χ0) is 14.5. The van der Waals surface area contributed by atoms with Crippen molar-refractivity contribution in [2.75, 3.05) is 0 Å². The maximum absolute atomic E-state index is 10.2. The number of aliphatic hydroxyl groups excluding tert-OH is 1. The van der Waals surface area contributed by atoms with Crippen molar-refractivity contribution in [1.29, 1.82) is 0 Å². The standard InChI is InChI=1S/C17H24N2O/c1-4-14(3)19-10-9-16(18-19)12-17(20)11-15-7-5-13(2)6-8-15/h5-10,14,17,20H,4,11-12H2,1-3H3. The molecular formula is C17H24N2O. The number of aliphatic hydroxyl groups is 1. The lowest BCUT2D eigenvalue weighted by molar-refractivity contribution is 0.174. The van der Waals surface area contributed by atoms with Gasteiger partial charge in [-0.2, -0.15) is 5.10 Å². The van der Waals surface area contributed by atoms with Crippen LogP contribution in [0.5, 0.6) is 0 Å². The summed E-state index contributed by atoms with van der Waals surface area (Å²) in [5, 5.41) is 14.7. The fourth-order valence-electron chi connectivity index (χ4n) is 2.23. The van der Waals surface area contributed by atoms with Gasteiger partial charge in [0.1, 0.15) is 0 Å². The van der Waals surface area contributed by atoms with Gasteiger partial charge < -0.3 is 5.11 Å². The maximum Gasteiger partial charge on any atom is 0.0650 e. The third kappa shape index (κ3) is 3.94. The molecule has 0 aliphatic carbocycles. The summed E-state index contributed by atoms with van der Waals surface area (Å²) in [6.07, 6.45) is 3.97. The van der Waals surface area contributed by atoms with E-state index in [9.17, 15) is 5.11 Å². The Morgan fingerprint density at radius 1 is 1.15 bits per heavy atom. The van der Waals surface area contributed by atoms with Crippen LogP contribution in [0.15, 0.2) is 36.5 Å². The molecule has 0 fully saturated rings. The predicted molar refractivity (Wildman–Crippen MR) is 81.8 cm³/mol. The van der Waals surface area contributed by atoms with Crippen molar-refractivity contribution in [3.63, 3.8) is 0 Å². The molecule has 0 spiro atoms. The average Bonchev–Trinajstić information content (AvgIpc) is 2.89. The molecule has 108 valence electrons. The average molecular weight is 272 g/mol. The zero-order valence-electron chi connectivity index (χ0n) is 12.6. The van der Waals surface area contributed by atoms with E-state index in [0.717, 1.165) is 12.1 Å². The normalized spacial score (nSPS) is 14.2. The molecule has 3 nitrogen and oxygen atoms in total. The van der Waals surface area contributed by atoms with Gasteiger partial charge in [0.25, 0.3) is 0 Å². The predicted octanol–water partition coefficient (Wildman–Crippen LogP) is 3.31. The Morgan fingerprint density at radius 2 is 1.85 bits per heavy atom. The minimum Gasteiger partial charge on any atom is -0.392 e. The van der Waals surface area contributed by atoms with Gasteiger partial charge in [-0.25, -0.2) is 0 Å². The molecule has 2 aromatic rings. The number of aryl methyl sites for hydroxylation is 1. The Hall–Kier alpha value is -1.61. The van der Waals surface area contributed by atoms with Crippen LogP contribution in [0.1, 0.15) is 43.1 Å². The van der Waals surface area contributed by atoms with Gasteiger partial charge in [0.05, 0.1) is 11.8 Å². The van der Waals surface area contributed by atoms with Gasteiger partial charge in [-0.3, -0.25) is 4.68 Å². The Bertz CT molecular complexity index is 530. The Morgan fingerprint density at radius 3 is 2.50 bits per heavy atom. The molecule has 2 atom stereocenters. The van der Waals surface area contributed by atoms with E-state index in [1.165, 1.54) is 11.1 Å². The van der Waals surface area contributed by atoms with E-state index in [1.807, 2.05) is 16.9 Å². The van der Waals surface area contributed by atoms with Crippen molar-refractivity contribution in [2.24, 2.45) is 0 Å². The van der Waals surface area contributed by atoms with Gasteiger partial charge >= 0.3 is 0 Å². The summed E-state index contributed by atoms with van der Waals surface area (Å²) in [5.41, 5.74) is 3.38. The zero-order valence-corrected chi connectivity index (χ0v) is 12.6. The number of rotatable bonds is 6. The number of hydrogen-bond donors (Lipinski definition) is 1. The second-order valence-corrected chi connectivity index (χ2v) is 5.59. The monoisotopic (exact) mass is 272 g/mol. The van der Waals surface area contributed by atoms with Gasteiger partial charge in [0.15, 0.2) is 0 Å². The third-order valence-electron chi connectivity index (χ3n) is 3.74. The molecular weight excluding hydrogens is 248 g/mol. The molecule has 0 radical (unpaired) electrons. The third-order valence-corrected chi connectivity index (χ3v) is 3.74. The van der Waals surface area contributed by atoms with Gasteiger partial charge in [0.2, 0.25) is 0 Å². The first kappa shape index (κ1) is 14.8. The summed E-state index contributed by atoms with van der Waals surface area (Å²) >= 11 is 0. The number of aromatic nitrogens is 2. The summed E-state index contributed by atoms with van der Waals surface area (Å²) in [4.78, 5) is 0. The number of nitrogens with zero attached hydrogens (tertiary/aromatic N) is 2. The minimum absolute atomic E-state index is 0.377. The van der Waals surface area contributed by atoms with Gasteiger partial charge in [-0.15, -0.1) is 0 Å². The SMILES string of the molecule is CCC(C)n1ccc(CC(O)Cc2ccc(C)cc2)n1. The lowest BCUT2D eigenvalue weighted by Crippen LogP contribution is -2.15. The van der Waals surface area contributed by atoms with E-state index in [2.05, 4.69) is 50.1 Å². The van der Waals surface area contributed by atoms with Crippen LogP contribution in [0.2, 0.25) is 0 Å². The first-order valence-electron chi connectivity index (χ1n) is 7.36. The molecule has 0 bridgehead atoms. The van der Waals surface area contributed by atoms with Crippen LogP contribution in [0.25, 0.3) is 0 Å². The maximum atomic E-state index is 10.2. The van der Waals surface area contributed by atoms with Gasteiger partial charge in [0, 0.05) is 18.7 Å². The minimum atomic E-state index is -0.377. The van der Waals surface area contributed by atoms with E-state index < -0.39 is 0 Å². The molecule has 2 rings (SSSR count). The first-order chi connectivity index (χ1) is 9.58. The molecule has 0 saturated heterocycles. The quantitative estimate of drug-likeness (QED) is 0.876. The van der Waals surface area contributed by atoms with E-state index in [1.54, 1.807) is 0 Å². The summed E-state index contributed by atoms with van der Waals surface area (Å²) < 4.78 is 1.98. The van der Waals surface area contributed by atoms with Gasteiger partial charge in [-0.05, 0) is 38.3 Å². The molecule has 0 aliphatic heterocycles. The highest BCUT2D eigenvalue weighted by atomic mass is 16.3. The van der Waals surface area contributed by atoms with Crippen LogP contribution in [0.4, 0.5) is 0 Å². The van der Waals surface area contributed by atoms with Crippen LogP contribution in [0, 0.1) is 6.92 Å². The Labute approximate surface area is 121 Å². The van der Waals surface area contributed by atoms with Crippen molar-refractivity contribution in [1.82, 2.24) is 9.78 Å². The lowest BCUT2D eigenvalue weighted by atomic mass is 10.0. The summed E-state index contributed by atoms with van der Waals surface area (Å²) in [6, 6.07) is 10.7. The highest BCUT2D eigenvalue weighted by Crippen LogP contribution is 2.12. The second kappa shape index (κ2) is 6.71. The summed E-state index contributed by atoms with van der Waals surface area (Å²) in [7, 11) is 0. The van der Waals surface area contributed by atoms with E-state index in [-0.39, 0.29) is 6.10 Å². The molecule has 3 heteroatoms. The molecule has 1 aromatic carbocycles. The molecule has 0 amide bonds. The smallest absolute Gasteiger partial charge is 0.0650 e. The van der Waals surface area contributed by atoms with E-state index in [4.69, 9.17) is 0 Å². The molecule has 20 heavy (non-hydrogen) atoms. The number of benzene rings is 1. The van der Waals surface area contributed by atoms with Crippen molar-refractivity contribution in [3.05, 3.63) is 53.3 Å². The molecule has 0 saturated carbocycles. The largest absolute Gasteiger partial charge is 0.392 e. The van der Waals surface area contributed by atoms with Crippen molar-refractivity contribution < 1.29 is 5.11 Å². The first-order valence-corrected chi connectivity index (χ1v) is 7.36. The van der Waals surface area contributed by atoms with Crippen LogP contribution in [0.3, 0.4) is 0 Å². The molecule has 2 unspecified atom stereocenters. The van der Waals surface area contributed by atoms with Crippen molar-refractivity contribution in [2.45, 2.75) is 52.2 Å². The fraction of sp³-hybridized carbons (Fsp3) is 0.471. The van der Waals surface area contributed by atoms with E-state index in [0.29, 0.717) is 18.9 Å². The number of hydrogen-bond acceptors (Lipinski definition) is 2. The summed E-state index contributed by atoms with van der Waals surface area (Å²) in [6.45, 7) is 6.37. The van der Waals surface area contributed by atoms with Gasteiger partial charge in [-0.1, -0.05) is 36.8 Å². The molecule has 0 aliphatic rings. The van der Waals surface area contributed by atoms with Crippen LogP contribution >= 0.6 is 0 Å². The topological polar surface area (TPSA) is 38.0 Å². The Balaban J connectivity index is 1.92. The highest BCUT2D eigenvalue weighted by molar-refractivity contribution is 5.22. The summed E-state index contributed by atoms with van der Waals surface area (Å²) in [5.74, 6) is 0. The van der Waals surface area contributed by atoms with Crippen molar-refractivity contribution in [3.8, 4) is 0 Å². The Kier molecular flexibility index (Phi) is 4.96. The lowest BCUT2D eigenvalue weighted by Gasteiger charge is -2.10. The highest BCUT2D eigenvalue weighted by Gasteiger charge is 2.10. The fourth-order valence-corrected chi connectivity index (χ4v) is 2.23. The van der Waals surface area contributed by atoms with E-state index >= 15 is 0 Å². The van der Waals surface area contributed by atoms with Crippen LogP contribution in [-0.4, -0.2) is 21.0 Å². The molecule has 1 N–H and O–H groups in total. The van der Waals surface area contributed by atoms with Crippen LogP contribution in [-0.2, 0) is 12.8 Å². The van der Waals surface area contributed by atoms with Crippen molar-refractivity contribution >= 4 is 0 Å². The van der Waals surface area contributed by atoms with Crippen LogP contribution < -0.4 is 0 Å². The molecule has 1 heterocycles. The second-order valence-electron chi connectivity index (χ2n) is 5.59.